The van der Waals surface area contributed by atoms with Gasteiger partial charge in [0.2, 0.25) is 0 Å². The summed E-state index contributed by atoms with van der Waals surface area (Å²) in [5.74, 6) is 0. The van der Waals surface area contributed by atoms with E-state index in [9.17, 15) is 0 Å². The van der Waals surface area contributed by atoms with Crippen molar-refractivity contribution in [3.05, 3.63) is 24.0 Å². The van der Waals surface area contributed by atoms with Crippen LogP contribution in [0, 0.1) is 0 Å². The molecule has 2 radical (unpaired) electrons. The van der Waals surface area contributed by atoms with Crippen molar-refractivity contribution in [1.82, 2.24) is 4.98 Å². The van der Waals surface area contributed by atoms with Gasteiger partial charge in [-0.05, 0) is 6.07 Å². The van der Waals surface area contributed by atoms with E-state index in [0.717, 1.165) is 12.3 Å². The highest BCUT2D eigenvalue weighted by Gasteiger charge is 2.25. The summed E-state index contributed by atoms with van der Waals surface area (Å²) in [5.41, 5.74) is 1.68. The number of ether oxygens (including phenoxy) is 1. The van der Waals surface area contributed by atoms with Crippen molar-refractivity contribution < 1.29 is 4.74 Å². The maximum absolute atomic E-state index is 5.44. The zero-order chi connectivity index (χ0) is 6.97. The lowest BCUT2D eigenvalue weighted by atomic mass is 9.99. The van der Waals surface area contributed by atoms with Crippen LogP contribution in [0.15, 0.2) is 18.3 Å². The van der Waals surface area contributed by atoms with Crippen molar-refractivity contribution in [3.63, 3.8) is 0 Å². The van der Waals surface area contributed by atoms with E-state index in [2.05, 4.69) is 4.98 Å². The van der Waals surface area contributed by atoms with Gasteiger partial charge in [-0.25, -0.2) is 0 Å². The van der Waals surface area contributed by atoms with Crippen LogP contribution in [0.2, 0.25) is 0 Å². The summed E-state index contributed by atoms with van der Waals surface area (Å²) < 4.78 is 5.03. The van der Waals surface area contributed by atoms with Gasteiger partial charge in [0.25, 0.3) is 0 Å². The van der Waals surface area contributed by atoms with Crippen LogP contribution >= 0.6 is 0 Å². The second-order valence-corrected chi connectivity index (χ2v) is 2.34. The normalized spacial score (nSPS) is 22.6. The molecule has 0 aliphatic carbocycles. The maximum Gasteiger partial charge on any atom is 0.123 e. The third kappa shape index (κ3) is 1.05. The molecule has 1 saturated heterocycles. The molecule has 1 aliphatic heterocycles. The van der Waals surface area contributed by atoms with Gasteiger partial charge in [-0.3, -0.25) is 4.98 Å². The highest BCUT2D eigenvalue weighted by molar-refractivity contribution is 6.31. The van der Waals surface area contributed by atoms with Crippen LogP contribution in [0.5, 0.6) is 0 Å². The van der Waals surface area contributed by atoms with Crippen molar-refractivity contribution in [3.8, 4) is 0 Å². The van der Waals surface area contributed by atoms with Crippen LogP contribution in [-0.2, 0) is 4.74 Å². The average Bonchev–Trinajstić information content (AvgIpc) is 2.71. The van der Waals surface area contributed by atoms with Crippen LogP contribution in [0.3, 0.4) is 0 Å². The van der Waals surface area contributed by atoms with Crippen molar-refractivity contribution in [2.24, 2.45) is 0 Å². The fourth-order valence-electron chi connectivity index (χ4n) is 0.826. The minimum Gasteiger partial charge on any atom is -0.366 e. The first-order chi connectivity index (χ1) is 4.86. The van der Waals surface area contributed by atoms with E-state index in [1.807, 2.05) is 12.1 Å². The molecular weight excluding hydrogens is 125 g/mol. The summed E-state index contributed by atoms with van der Waals surface area (Å²) in [7, 11) is 5.44. The van der Waals surface area contributed by atoms with Crippen LogP contribution in [0.25, 0.3) is 0 Å². The lowest BCUT2D eigenvalue weighted by Crippen LogP contribution is -2.03. The van der Waals surface area contributed by atoms with Gasteiger partial charge in [0.05, 0.1) is 12.3 Å². The molecule has 0 saturated carbocycles. The molecule has 1 atom stereocenters. The molecule has 1 fully saturated rings. The van der Waals surface area contributed by atoms with Gasteiger partial charge in [0.1, 0.15) is 14.0 Å². The first kappa shape index (κ1) is 5.92. The van der Waals surface area contributed by atoms with Gasteiger partial charge < -0.3 is 4.74 Å². The lowest BCUT2D eigenvalue weighted by molar-refractivity contribution is 0.411. The molecule has 10 heavy (non-hydrogen) atoms. The Hall–Kier alpha value is -0.825. The molecule has 1 unspecified atom stereocenters. The van der Waals surface area contributed by atoms with E-state index in [4.69, 9.17) is 12.6 Å². The van der Waals surface area contributed by atoms with E-state index >= 15 is 0 Å². The summed E-state index contributed by atoms with van der Waals surface area (Å²) in [4.78, 5) is 4.09. The van der Waals surface area contributed by atoms with Gasteiger partial charge in [0.15, 0.2) is 0 Å². The first-order valence-electron chi connectivity index (χ1n) is 3.19. The van der Waals surface area contributed by atoms with Crippen molar-refractivity contribution in [2.45, 2.75) is 6.10 Å². The summed E-state index contributed by atoms with van der Waals surface area (Å²) in [6.45, 7) is 0.802. The van der Waals surface area contributed by atoms with Crippen LogP contribution in [0.1, 0.15) is 11.8 Å². The zero-order valence-electron chi connectivity index (χ0n) is 5.45. The molecule has 0 N–H and O–H groups in total. The summed E-state index contributed by atoms with van der Waals surface area (Å²) in [6.07, 6.45) is 1.89. The Balaban J connectivity index is 2.28. The van der Waals surface area contributed by atoms with E-state index < -0.39 is 0 Å². The minimum atomic E-state index is 0.237. The molecule has 2 rings (SSSR count). The van der Waals surface area contributed by atoms with Crippen LogP contribution in [-0.4, -0.2) is 19.4 Å². The van der Waals surface area contributed by atoms with E-state index in [0.29, 0.717) is 5.46 Å². The van der Waals surface area contributed by atoms with E-state index in [-0.39, 0.29) is 6.10 Å². The topological polar surface area (TPSA) is 25.4 Å². The summed E-state index contributed by atoms with van der Waals surface area (Å²) in [5, 5.41) is 0. The quantitative estimate of drug-likeness (QED) is 0.394. The average molecular weight is 131 g/mol. The third-order valence-electron chi connectivity index (χ3n) is 1.47. The highest BCUT2D eigenvalue weighted by atomic mass is 16.6. The third-order valence-corrected chi connectivity index (χ3v) is 1.47. The van der Waals surface area contributed by atoms with Gasteiger partial charge in [0, 0.05) is 6.20 Å². The summed E-state index contributed by atoms with van der Waals surface area (Å²) >= 11 is 0. The van der Waals surface area contributed by atoms with Crippen LogP contribution in [0.4, 0.5) is 0 Å². The lowest BCUT2D eigenvalue weighted by Gasteiger charge is -1.93. The van der Waals surface area contributed by atoms with E-state index in [1.54, 1.807) is 6.20 Å². The van der Waals surface area contributed by atoms with Crippen molar-refractivity contribution in [1.29, 1.82) is 0 Å². The largest absolute Gasteiger partial charge is 0.366 e. The predicted octanol–water partition coefficient (Wildman–Crippen LogP) is -0.0533. The molecule has 0 spiro atoms. The molecule has 1 aliphatic rings. The Kier molecular flexibility index (Phi) is 1.24. The molecular formula is C7H6BNO. The Morgan fingerprint density at radius 2 is 2.40 bits per heavy atom. The second-order valence-electron chi connectivity index (χ2n) is 2.34. The summed E-state index contributed by atoms with van der Waals surface area (Å²) in [6, 6.07) is 3.73. The first-order valence-corrected chi connectivity index (χ1v) is 3.19. The fourth-order valence-corrected chi connectivity index (χ4v) is 0.826. The Bertz CT molecular complexity index is 230. The minimum absolute atomic E-state index is 0.237. The Morgan fingerprint density at radius 3 is 2.90 bits per heavy atom. The second kappa shape index (κ2) is 2.09. The fraction of sp³-hybridized carbons (Fsp3) is 0.286. The molecule has 1 aromatic rings. The van der Waals surface area contributed by atoms with Gasteiger partial charge in [-0.2, -0.15) is 0 Å². The molecule has 1 aromatic heterocycles. The van der Waals surface area contributed by atoms with Gasteiger partial charge in [-0.1, -0.05) is 11.5 Å². The van der Waals surface area contributed by atoms with Gasteiger partial charge >= 0.3 is 0 Å². The smallest absolute Gasteiger partial charge is 0.123 e. The number of hydrogen-bond donors (Lipinski definition) is 0. The number of pyridine rings is 1. The molecule has 48 valence electrons. The molecule has 2 nitrogen and oxygen atoms in total. The van der Waals surface area contributed by atoms with Crippen molar-refractivity contribution >= 4 is 13.3 Å². The number of hydrogen-bond acceptors (Lipinski definition) is 2. The SMILES string of the molecule is [B]c1ccc(C2CO2)nc1. The molecule has 0 aromatic carbocycles. The number of epoxide rings is 1. The molecule has 3 heteroatoms. The maximum atomic E-state index is 5.44. The highest BCUT2D eigenvalue weighted by Crippen LogP contribution is 2.26. The standard InChI is InChI=1S/C7H6BNO/c8-5-1-2-6(9-3-5)7-4-10-7/h1-3,7H,4H2. The van der Waals surface area contributed by atoms with E-state index in [1.165, 1.54) is 0 Å². The predicted molar refractivity (Wildman–Crippen MR) is 38.3 cm³/mol. The number of nitrogens with zero attached hydrogens (tertiary/aromatic N) is 1. The monoisotopic (exact) mass is 131 g/mol. The Morgan fingerprint density at radius 1 is 1.60 bits per heavy atom. The zero-order valence-corrected chi connectivity index (χ0v) is 5.45. The van der Waals surface area contributed by atoms with Gasteiger partial charge in [-0.15, -0.1) is 0 Å². The number of aromatic nitrogens is 1. The van der Waals surface area contributed by atoms with Crippen LogP contribution < -0.4 is 5.46 Å². The molecule has 0 bridgehead atoms. The molecule has 2 heterocycles. The Labute approximate surface area is 60.6 Å². The number of rotatable bonds is 1. The molecule has 0 amide bonds. The van der Waals surface area contributed by atoms with Crippen molar-refractivity contribution in [2.75, 3.05) is 6.61 Å².